The number of rotatable bonds is 5. The fourth-order valence-corrected chi connectivity index (χ4v) is 7.81. The molecule has 4 nitrogen and oxygen atoms in total. The smallest absolute Gasteiger partial charge is 0.273 e. The molecule has 0 aromatic carbocycles. The molecule has 2 saturated carbocycles. The Morgan fingerprint density at radius 3 is 2.48 bits per heavy atom. The van der Waals surface area contributed by atoms with Gasteiger partial charge < -0.3 is 9.80 Å². The van der Waals surface area contributed by atoms with E-state index in [9.17, 15) is 4.79 Å². The molecule has 0 bridgehead atoms. The van der Waals surface area contributed by atoms with Crippen molar-refractivity contribution >= 4 is 17.2 Å². The fraction of sp³-hybridized carbons (Fsp3) is 0.846. The second kappa shape index (κ2) is 10.3. The summed E-state index contributed by atoms with van der Waals surface area (Å²) in [5.74, 6) is 2.49. The Kier molecular flexibility index (Phi) is 7.29. The Labute approximate surface area is 192 Å². The fourth-order valence-electron chi connectivity index (χ4n) is 6.84. The SMILES string of the molecule is O=C(c1csc(C2CCN(CCC3CCCCC3)CC2)n1)N1CCCC2CCCCC21. The van der Waals surface area contributed by atoms with Crippen LogP contribution < -0.4 is 0 Å². The number of amides is 1. The number of piperidine rings is 2. The van der Waals surface area contributed by atoms with E-state index in [1.807, 2.05) is 0 Å². The van der Waals surface area contributed by atoms with E-state index in [4.69, 9.17) is 4.98 Å². The van der Waals surface area contributed by atoms with E-state index in [0.29, 0.717) is 12.0 Å². The van der Waals surface area contributed by atoms with Gasteiger partial charge in [0, 0.05) is 23.9 Å². The molecule has 1 aromatic rings. The first-order valence-electron chi connectivity index (χ1n) is 13.3. The summed E-state index contributed by atoms with van der Waals surface area (Å²) in [7, 11) is 0. The number of hydrogen-bond acceptors (Lipinski definition) is 4. The summed E-state index contributed by atoms with van der Waals surface area (Å²) in [4.78, 5) is 23.1. The van der Waals surface area contributed by atoms with Gasteiger partial charge in [-0.05, 0) is 76.4 Å². The molecular formula is C26H41N3OS. The number of fused-ring (bicyclic) bond motifs is 1. The Morgan fingerprint density at radius 2 is 1.65 bits per heavy atom. The maximum Gasteiger partial charge on any atom is 0.273 e. The van der Waals surface area contributed by atoms with Crippen LogP contribution in [0.2, 0.25) is 0 Å². The van der Waals surface area contributed by atoms with Crippen LogP contribution in [0.5, 0.6) is 0 Å². The molecule has 4 fully saturated rings. The first-order chi connectivity index (χ1) is 15.3. The molecule has 2 unspecified atom stereocenters. The number of carbonyl (C=O) groups is 1. The van der Waals surface area contributed by atoms with Crippen LogP contribution in [-0.2, 0) is 0 Å². The van der Waals surface area contributed by atoms with Crippen molar-refractivity contribution in [2.45, 2.75) is 102 Å². The molecule has 4 aliphatic rings. The van der Waals surface area contributed by atoms with E-state index < -0.39 is 0 Å². The Morgan fingerprint density at radius 1 is 0.903 bits per heavy atom. The summed E-state index contributed by atoms with van der Waals surface area (Å²) >= 11 is 1.74. The Balaban J connectivity index is 1.12. The van der Waals surface area contributed by atoms with Crippen LogP contribution in [0.15, 0.2) is 5.38 Å². The highest BCUT2D eigenvalue weighted by molar-refractivity contribution is 7.09. The zero-order valence-electron chi connectivity index (χ0n) is 19.3. The first kappa shape index (κ1) is 21.9. The van der Waals surface area contributed by atoms with Gasteiger partial charge in [-0.1, -0.05) is 44.9 Å². The lowest BCUT2D eigenvalue weighted by Gasteiger charge is -2.43. The van der Waals surface area contributed by atoms with Gasteiger partial charge in [-0.2, -0.15) is 0 Å². The molecule has 3 heterocycles. The number of aromatic nitrogens is 1. The molecule has 5 heteroatoms. The minimum atomic E-state index is 0.212. The average molecular weight is 444 g/mol. The molecule has 31 heavy (non-hydrogen) atoms. The van der Waals surface area contributed by atoms with Crippen LogP contribution in [0.25, 0.3) is 0 Å². The zero-order chi connectivity index (χ0) is 21.0. The minimum absolute atomic E-state index is 0.212. The lowest BCUT2D eigenvalue weighted by atomic mass is 9.78. The molecule has 2 atom stereocenters. The predicted octanol–water partition coefficient (Wildman–Crippen LogP) is 6.09. The van der Waals surface area contributed by atoms with Crippen LogP contribution in [-0.4, -0.2) is 52.9 Å². The van der Waals surface area contributed by atoms with Crippen molar-refractivity contribution in [3.8, 4) is 0 Å². The van der Waals surface area contributed by atoms with Gasteiger partial charge in [-0.25, -0.2) is 4.98 Å². The van der Waals surface area contributed by atoms with E-state index in [1.165, 1.54) is 115 Å². The molecule has 0 N–H and O–H groups in total. The van der Waals surface area contributed by atoms with Crippen LogP contribution in [0.1, 0.15) is 111 Å². The minimum Gasteiger partial charge on any atom is -0.334 e. The summed E-state index contributed by atoms with van der Waals surface area (Å²) in [5.41, 5.74) is 0.728. The summed E-state index contributed by atoms with van der Waals surface area (Å²) in [6.45, 7) is 4.63. The van der Waals surface area contributed by atoms with Gasteiger partial charge in [-0.15, -0.1) is 11.3 Å². The molecule has 1 aromatic heterocycles. The third-order valence-electron chi connectivity index (χ3n) is 8.76. The van der Waals surface area contributed by atoms with Gasteiger partial charge in [0.2, 0.25) is 0 Å². The zero-order valence-corrected chi connectivity index (χ0v) is 20.1. The summed E-state index contributed by atoms with van der Waals surface area (Å²) < 4.78 is 0. The van der Waals surface area contributed by atoms with Crippen LogP contribution in [0, 0.1) is 11.8 Å². The van der Waals surface area contributed by atoms with Crippen molar-refractivity contribution in [3.05, 3.63) is 16.1 Å². The predicted molar refractivity (Wildman–Crippen MR) is 128 cm³/mol. The quantitative estimate of drug-likeness (QED) is 0.553. The highest BCUT2D eigenvalue weighted by Crippen LogP contribution is 2.37. The van der Waals surface area contributed by atoms with E-state index >= 15 is 0 Å². The van der Waals surface area contributed by atoms with Gasteiger partial charge >= 0.3 is 0 Å². The summed E-state index contributed by atoms with van der Waals surface area (Å²) in [6.07, 6.45) is 18.7. The van der Waals surface area contributed by atoms with Crippen molar-refractivity contribution in [1.29, 1.82) is 0 Å². The second-order valence-electron chi connectivity index (χ2n) is 10.7. The Hall–Kier alpha value is -0.940. The molecule has 0 spiro atoms. The molecule has 0 radical (unpaired) electrons. The van der Waals surface area contributed by atoms with Crippen molar-refractivity contribution in [2.75, 3.05) is 26.2 Å². The number of carbonyl (C=O) groups excluding carboxylic acids is 1. The summed E-state index contributed by atoms with van der Waals surface area (Å²) in [6, 6.07) is 0.479. The monoisotopic (exact) mass is 443 g/mol. The van der Waals surface area contributed by atoms with Crippen LogP contribution in [0.3, 0.4) is 0 Å². The number of nitrogens with zero attached hydrogens (tertiary/aromatic N) is 3. The van der Waals surface area contributed by atoms with Crippen molar-refractivity contribution in [3.63, 3.8) is 0 Å². The van der Waals surface area contributed by atoms with Crippen LogP contribution >= 0.6 is 11.3 Å². The molecule has 1 amide bonds. The van der Waals surface area contributed by atoms with E-state index in [2.05, 4.69) is 15.2 Å². The molecule has 5 rings (SSSR count). The third-order valence-corrected chi connectivity index (χ3v) is 9.77. The van der Waals surface area contributed by atoms with Crippen LogP contribution in [0.4, 0.5) is 0 Å². The largest absolute Gasteiger partial charge is 0.334 e. The van der Waals surface area contributed by atoms with Gasteiger partial charge in [0.15, 0.2) is 0 Å². The molecule has 2 aliphatic carbocycles. The topological polar surface area (TPSA) is 36.4 Å². The summed E-state index contributed by atoms with van der Waals surface area (Å²) in [5, 5.41) is 3.27. The molecular weight excluding hydrogens is 402 g/mol. The second-order valence-corrected chi connectivity index (χ2v) is 11.6. The Bertz CT molecular complexity index is 718. The lowest BCUT2D eigenvalue weighted by molar-refractivity contribution is 0.0385. The maximum absolute atomic E-state index is 13.3. The van der Waals surface area contributed by atoms with E-state index in [-0.39, 0.29) is 5.91 Å². The van der Waals surface area contributed by atoms with E-state index in [0.717, 1.165) is 24.1 Å². The van der Waals surface area contributed by atoms with Crippen molar-refractivity contribution in [2.24, 2.45) is 11.8 Å². The molecule has 2 saturated heterocycles. The highest BCUT2D eigenvalue weighted by atomic mass is 32.1. The van der Waals surface area contributed by atoms with Gasteiger partial charge in [0.1, 0.15) is 5.69 Å². The van der Waals surface area contributed by atoms with E-state index in [1.54, 1.807) is 11.3 Å². The molecule has 172 valence electrons. The van der Waals surface area contributed by atoms with Crippen molar-refractivity contribution in [1.82, 2.24) is 14.8 Å². The number of likely N-dealkylation sites (tertiary alicyclic amines) is 2. The maximum atomic E-state index is 13.3. The van der Waals surface area contributed by atoms with Gasteiger partial charge in [0.05, 0.1) is 5.01 Å². The third kappa shape index (κ3) is 5.19. The normalized spacial score (nSPS) is 29.1. The van der Waals surface area contributed by atoms with Crippen molar-refractivity contribution < 1.29 is 4.79 Å². The standard InChI is InChI=1S/C26H41N3OS/c30-26(29-15-6-10-21-9-4-5-11-24(21)29)23-19-31-25(27-23)22-13-17-28(18-14-22)16-12-20-7-2-1-3-8-20/h19-22,24H,1-18H2. The number of thiazole rings is 1. The average Bonchev–Trinajstić information content (AvgIpc) is 3.33. The lowest BCUT2D eigenvalue weighted by Crippen LogP contribution is -2.49. The highest BCUT2D eigenvalue weighted by Gasteiger charge is 2.37. The van der Waals surface area contributed by atoms with Gasteiger partial charge in [0.25, 0.3) is 5.91 Å². The number of hydrogen-bond donors (Lipinski definition) is 0. The first-order valence-corrected chi connectivity index (χ1v) is 14.1. The molecule has 2 aliphatic heterocycles. The van der Waals surface area contributed by atoms with Gasteiger partial charge in [-0.3, -0.25) is 4.79 Å².